The first kappa shape index (κ1) is 12.4. The van der Waals surface area contributed by atoms with Crippen LogP contribution in [-0.4, -0.2) is 31.6 Å². The van der Waals surface area contributed by atoms with E-state index in [9.17, 15) is 4.79 Å². The van der Waals surface area contributed by atoms with Crippen LogP contribution in [0.3, 0.4) is 0 Å². The molecule has 1 atom stereocenters. The molecule has 1 aromatic heterocycles. The average Bonchev–Trinajstić information content (AvgIpc) is 3.05. The van der Waals surface area contributed by atoms with E-state index in [1.165, 1.54) is 24.6 Å². The number of aryl methyl sites for hydroxylation is 1. The summed E-state index contributed by atoms with van der Waals surface area (Å²) in [5.74, 6) is 1.53. The van der Waals surface area contributed by atoms with Gasteiger partial charge in [0.2, 0.25) is 0 Å². The molecule has 1 aromatic rings. The predicted octanol–water partition coefficient (Wildman–Crippen LogP) is 1.81. The number of aromatic nitrogens is 3. The fourth-order valence-electron chi connectivity index (χ4n) is 1.91. The van der Waals surface area contributed by atoms with Crippen LogP contribution in [0.1, 0.15) is 25.6 Å². The summed E-state index contributed by atoms with van der Waals surface area (Å²) >= 11 is 1.24. The predicted molar refractivity (Wildman–Crippen MR) is 65.0 cm³/mol. The van der Waals surface area contributed by atoms with Crippen molar-refractivity contribution in [3.63, 3.8) is 0 Å². The number of aliphatic carboxylic acids is 1. The van der Waals surface area contributed by atoms with Gasteiger partial charge in [-0.3, -0.25) is 4.79 Å². The molecule has 1 fully saturated rings. The highest BCUT2D eigenvalue weighted by atomic mass is 32.2. The molecule has 94 valence electrons. The summed E-state index contributed by atoms with van der Waals surface area (Å²) in [6, 6.07) is 0. The molecule has 17 heavy (non-hydrogen) atoms. The molecular weight excluding hydrogens is 238 g/mol. The maximum absolute atomic E-state index is 10.6. The molecule has 1 N–H and O–H groups in total. The first-order valence-electron chi connectivity index (χ1n) is 5.82. The Morgan fingerprint density at radius 3 is 2.88 bits per heavy atom. The van der Waals surface area contributed by atoms with E-state index in [0.29, 0.717) is 5.92 Å². The van der Waals surface area contributed by atoms with Crippen LogP contribution in [0.25, 0.3) is 0 Å². The molecule has 0 radical (unpaired) electrons. The zero-order valence-corrected chi connectivity index (χ0v) is 10.9. The van der Waals surface area contributed by atoms with Gasteiger partial charge in [0.15, 0.2) is 5.16 Å². The van der Waals surface area contributed by atoms with E-state index in [0.717, 1.165) is 23.4 Å². The van der Waals surface area contributed by atoms with Gasteiger partial charge in [-0.15, -0.1) is 10.2 Å². The molecule has 0 saturated heterocycles. The van der Waals surface area contributed by atoms with E-state index in [-0.39, 0.29) is 5.75 Å². The number of carboxylic acid groups (broad SMARTS) is 1. The quantitative estimate of drug-likeness (QED) is 0.785. The van der Waals surface area contributed by atoms with E-state index >= 15 is 0 Å². The SMILES string of the molecule is Cc1nnc(SCC(=O)O)n1CC(C)C1CC1. The number of carbonyl (C=O) groups is 1. The first-order chi connectivity index (χ1) is 8.08. The topological polar surface area (TPSA) is 68.0 Å². The number of hydrogen-bond donors (Lipinski definition) is 1. The van der Waals surface area contributed by atoms with Crippen LogP contribution in [-0.2, 0) is 11.3 Å². The van der Waals surface area contributed by atoms with Crippen LogP contribution in [0.2, 0.25) is 0 Å². The van der Waals surface area contributed by atoms with Gasteiger partial charge in [0.1, 0.15) is 5.82 Å². The summed E-state index contributed by atoms with van der Waals surface area (Å²) in [5, 5.41) is 17.5. The van der Waals surface area contributed by atoms with Gasteiger partial charge in [-0.25, -0.2) is 0 Å². The Morgan fingerprint density at radius 1 is 1.59 bits per heavy atom. The highest BCUT2D eigenvalue weighted by Gasteiger charge is 2.29. The number of nitrogens with zero attached hydrogens (tertiary/aromatic N) is 3. The third-order valence-corrected chi connectivity index (χ3v) is 4.08. The lowest BCUT2D eigenvalue weighted by Gasteiger charge is -2.13. The fraction of sp³-hybridized carbons (Fsp3) is 0.727. The Hall–Kier alpha value is -1.04. The highest BCUT2D eigenvalue weighted by Crippen LogP contribution is 2.37. The van der Waals surface area contributed by atoms with Crippen molar-refractivity contribution in [2.24, 2.45) is 11.8 Å². The minimum absolute atomic E-state index is 0.0376. The van der Waals surface area contributed by atoms with Gasteiger partial charge in [-0.1, -0.05) is 18.7 Å². The van der Waals surface area contributed by atoms with E-state index in [4.69, 9.17) is 5.11 Å². The molecule has 6 heteroatoms. The maximum Gasteiger partial charge on any atom is 0.313 e. The minimum Gasteiger partial charge on any atom is -0.481 e. The Morgan fingerprint density at radius 2 is 2.29 bits per heavy atom. The third-order valence-electron chi connectivity index (χ3n) is 3.12. The Bertz CT molecular complexity index is 415. The van der Waals surface area contributed by atoms with Crippen molar-refractivity contribution in [2.75, 3.05) is 5.75 Å². The zero-order valence-electron chi connectivity index (χ0n) is 10.1. The summed E-state index contributed by atoms with van der Waals surface area (Å²) < 4.78 is 2.04. The summed E-state index contributed by atoms with van der Waals surface area (Å²) in [7, 11) is 0. The van der Waals surface area contributed by atoms with Gasteiger partial charge in [0.05, 0.1) is 5.75 Å². The lowest BCUT2D eigenvalue weighted by Crippen LogP contribution is -2.12. The molecule has 1 aliphatic carbocycles. The molecule has 1 saturated carbocycles. The summed E-state index contributed by atoms with van der Waals surface area (Å²) in [4.78, 5) is 10.6. The molecule has 0 aliphatic heterocycles. The van der Waals surface area contributed by atoms with Crippen LogP contribution in [0.5, 0.6) is 0 Å². The summed E-state index contributed by atoms with van der Waals surface area (Å²) in [5.41, 5.74) is 0. The van der Waals surface area contributed by atoms with Crippen LogP contribution in [0, 0.1) is 18.8 Å². The average molecular weight is 255 g/mol. The monoisotopic (exact) mass is 255 g/mol. The molecule has 0 bridgehead atoms. The van der Waals surface area contributed by atoms with Crippen LogP contribution >= 0.6 is 11.8 Å². The van der Waals surface area contributed by atoms with Gasteiger partial charge < -0.3 is 9.67 Å². The largest absolute Gasteiger partial charge is 0.481 e. The lowest BCUT2D eigenvalue weighted by atomic mass is 10.1. The number of carboxylic acids is 1. The molecule has 0 spiro atoms. The molecule has 0 amide bonds. The van der Waals surface area contributed by atoms with Gasteiger partial charge >= 0.3 is 5.97 Å². The third kappa shape index (κ3) is 3.21. The fourth-order valence-corrected chi connectivity index (χ4v) is 2.62. The van der Waals surface area contributed by atoms with E-state index < -0.39 is 5.97 Å². The molecule has 1 heterocycles. The smallest absolute Gasteiger partial charge is 0.313 e. The van der Waals surface area contributed by atoms with E-state index in [1.807, 2.05) is 11.5 Å². The number of hydrogen-bond acceptors (Lipinski definition) is 4. The molecule has 2 rings (SSSR count). The second kappa shape index (κ2) is 5.08. The molecular formula is C11H17N3O2S. The standard InChI is InChI=1S/C11H17N3O2S/c1-7(9-3-4-9)5-14-8(2)12-13-11(14)17-6-10(15)16/h7,9H,3-6H2,1-2H3,(H,15,16). The normalized spacial score (nSPS) is 17.1. The van der Waals surface area contributed by atoms with Crippen LogP contribution in [0.4, 0.5) is 0 Å². The second-order valence-electron chi connectivity index (χ2n) is 4.64. The molecule has 1 aliphatic rings. The van der Waals surface area contributed by atoms with Crippen molar-refractivity contribution in [3.8, 4) is 0 Å². The molecule has 1 unspecified atom stereocenters. The number of rotatable bonds is 6. The Balaban J connectivity index is 2.02. The summed E-state index contributed by atoms with van der Waals surface area (Å²) in [6.07, 6.45) is 2.64. The first-order valence-corrected chi connectivity index (χ1v) is 6.81. The maximum atomic E-state index is 10.6. The van der Waals surface area contributed by atoms with Crippen molar-refractivity contribution in [1.82, 2.24) is 14.8 Å². The van der Waals surface area contributed by atoms with Crippen molar-refractivity contribution in [3.05, 3.63) is 5.82 Å². The van der Waals surface area contributed by atoms with Crippen LogP contribution < -0.4 is 0 Å². The van der Waals surface area contributed by atoms with Crippen molar-refractivity contribution >= 4 is 17.7 Å². The zero-order chi connectivity index (χ0) is 12.4. The minimum atomic E-state index is -0.822. The Labute approximate surface area is 105 Å². The molecule has 5 nitrogen and oxygen atoms in total. The van der Waals surface area contributed by atoms with Crippen molar-refractivity contribution < 1.29 is 9.90 Å². The lowest BCUT2D eigenvalue weighted by molar-refractivity contribution is -0.133. The number of thioether (sulfide) groups is 1. The van der Waals surface area contributed by atoms with Crippen molar-refractivity contribution in [1.29, 1.82) is 0 Å². The van der Waals surface area contributed by atoms with Crippen molar-refractivity contribution in [2.45, 2.75) is 38.4 Å². The second-order valence-corrected chi connectivity index (χ2v) is 5.58. The Kier molecular flexibility index (Phi) is 3.71. The van der Waals surface area contributed by atoms with E-state index in [1.54, 1.807) is 0 Å². The van der Waals surface area contributed by atoms with Gasteiger partial charge in [-0.2, -0.15) is 0 Å². The summed E-state index contributed by atoms with van der Waals surface area (Å²) in [6.45, 7) is 5.05. The van der Waals surface area contributed by atoms with Gasteiger partial charge in [0.25, 0.3) is 0 Å². The molecule has 0 aromatic carbocycles. The van der Waals surface area contributed by atoms with E-state index in [2.05, 4.69) is 17.1 Å². The van der Waals surface area contributed by atoms with Gasteiger partial charge in [-0.05, 0) is 31.6 Å². The van der Waals surface area contributed by atoms with Crippen LogP contribution in [0.15, 0.2) is 5.16 Å². The highest BCUT2D eigenvalue weighted by molar-refractivity contribution is 7.99. The van der Waals surface area contributed by atoms with Gasteiger partial charge in [0, 0.05) is 6.54 Å².